The van der Waals surface area contributed by atoms with E-state index in [1.165, 1.54) is 17.4 Å². The Morgan fingerprint density at radius 3 is 2.78 bits per heavy atom. The molecule has 0 radical (unpaired) electrons. The molecule has 0 spiro atoms. The minimum absolute atomic E-state index is 0.164. The quantitative estimate of drug-likeness (QED) is 0.647. The van der Waals surface area contributed by atoms with E-state index in [1.54, 1.807) is 23.1 Å². The van der Waals surface area contributed by atoms with Crippen LogP contribution in [0.15, 0.2) is 46.3 Å². The van der Waals surface area contributed by atoms with Gasteiger partial charge in [-0.25, -0.2) is 8.42 Å². The van der Waals surface area contributed by atoms with E-state index in [0.717, 1.165) is 11.1 Å². The first-order valence-electron chi connectivity index (χ1n) is 8.09. The highest BCUT2D eigenvalue weighted by Crippen LogP contribution is 2.22. The number of thiophene rings is 1. The summed E-state index contributed by atoms with van der Waals surface area (Å²) in [6, 6.07) is 10.1. The molecule has 0 aliphatic rings. The number of anilines is 1. The van der Waals surface area contributed by atoms with Gasteiger partial charge in [0.25, 0.3) is 5.91 Å². The Labute approximate surface area is 160 Å². The molecule has 3 aromatic rings. The molecular weight excluding hydrogens is 388 g/mol. The van der Waals surface area contributed by atoms with Crippen molar-refractivity contribution in [1.82, 2.24) is 15.0 Å². The lowest BCUT2D eigenvalue weighted by molar-refractivity contribution is 0.0734. The smallest absolute Gasteiger partial charge is 0.254 e. The second kappa shape index (κ2) is 7.89. The van der Waals surface area contributed by atoms with E-state index in [4.69, 9.17) is 4.52 Å². The summed E-state index contributed by atoms with van der Waals surface area (Å²) in [5.41, 5.74) is 0.695. The molecule has 0 bridgehead atoms. The minimum atomic E-state index is -3.42. The van der Waals surface area contributed by atoms with E-state index in [2.05, 4.69) is 14.9 Å². The van der Waals surface area contributed by atoms with Crippen molar-refractivity contribution in [2.75, 3.05) is 17.5 Å². The average molecular weight is 406 g/mol. The summed E-state index contributed by atoms with van der Waals surface area (Å²) in [5.74, 6) is 0.562. The van der Waals surface area contributed by atoms with E-state index in [1.807, 2.05) is 24.4 Å². The average Bonchev–Trinajstić information content (AvgIpc) is 3.29. The Balaban J connectivity index is 1.76. The first kappa shape index (κ1) is 19.1. The third kappa shape index (κ3) is 4.92. The van der Waals surface area contributed by atoms with Gasteiger partial charge in [0.05, 0.1) is 11.1 Å². The monoisotopic (exact) mass is 406 g/mol. The second-order valence-corrected chi connectivity index (χ2v) is 8.46. The van der Waals surface area contributed by atoms with E-state index < -0.39 is 10.0 Å². The maximum absolute atomic E-state index is 12.8. The van der Waals surface area contributed by atoms with E-state index in [0.29, 0.717) is 29.5 Å². The summed E-state index contributed by atoms with van der Waals surface area (Å²) >= 11 is 1.50. The number of benzene rings is 1. The van der Waals surface area contributed by atoms with Crippen LogP contribution in [0.4, 0.5) is 5.69 Å². The number of hydrogen-bond acceptors (Lipinski definition) is 7. The summed E-state index contributed by atoms with van der Waals surface area (Å²) in [7, 11) is -3.42. The molecule has 1 amide bonds. The van der Waals surface area contributed by atoms with Crippen LogP contribution < -0.4 is 4.72 Å². The lowest BCUT2D eigenvalue weighted by Gasteiger charge is -2.19. The number of amides is 1. The van der Waals surface area contributed by atoms with Gasteiger partial charge in [0.2, 0.25) is 21.7 Å². The number of nitrogens with one attached hydrogen (secondary N) is 1. The maximum Gasteiger partial charge on any atom is 0.254 e. The van der Waals surface area contributed by atoms with Gasteiger partial charge in [-0.15, -0.1) is 11.3 Å². The first-order chi connectivity index (χ1) is 12.9. The Morgan fingerprint density at radius 1 is 1.30 bits per heavy atom. The summed E-state index contributed by atoms with van der Waals surface area (Å²) in [5, 5.41) is 5.86. The van der Waals surface area contributed by atoms with Gasteiger partial charge in [-0.2, -0.15) is 4.98 Å². The van der Waals surface area contributed by atoms with Gasteiger partial charge in [0.15, 0.2) is 0 Å². The summed E-state index contributed by atoms with van der Waals surface area (Å²) < 4.78 is 30.4. The highest BCUT2D eigenvalue weighted by molar-refractivity contribution is 7.92. The van der Waals surface area contributed by atoms with E-state index in [9.17, 15) is 13.2 Å². The van der Waals surface area contributed by atoms with Gasteiger partial charge in [-0.05, 0) is 36.6 Å². The van der Waals surface area contributed by atoms with Gasteiger partial charge in [-0.3, -0.25) is 9.52 Å². The second-order valence-electron chi connectivity index (χ2n) is 5.76. The van der Waals surface area contributed by atoms with Gasteiger partial charge in [0, 0.05) is 17.8 Å². The van der Waals surface area contributed by atoms with Gasteiger partial charge in [0.1, 0.15) is 6.54 Å². The normalized spacial score (nSPS) is 11.3. The zero-order valence-corrected chi connectivity index (χ0v) is 16.4. The number of hydrogen-bond donors (Lipinski definition) is 1. The standard InChI is InChI=1S/C17H18N4O4S2/c1-3-21(11-15-18-16(19-25-15)14-8-5-9-26-14)17(22)12-6-4-7-13(10-12)20-27(2,23)24/h4-10,20H,3,11H2,1-2H3. The predicted octanol–water partition coefficient (Wildman–Crippen LogP) is 2.83. The number of nitrogens with zero attached hydrogens (tertiary/aromatic N) is 3. The summed E-state index contributed by atoms with van der Waals surface area (Å²) in [4.78, 5) is 19.6. The van der Waals surface area contributed by atoms with Crippen LogP contribution in [0, 0.1) is 0 Å². The lowest BCUT2D eigenvalue weighted by atomic mass is 10.2. The number of aromatic nitrogens is 2. The Bertz CT molecular complexity index is 1030. The predicted molar refractivity (Wildman–Crippen MR) is 103 cm³/mol. The van der Waals surface area contributed by atoms with Crippen LogP contribution in [0.25, 0.3) is 10.7 Å². The van der Waals surface area contributed by atoms with Crippen LogP contribution in [-0.2, 0) is 16.6 Å². The molecule has 0 aliphatic heterocycles. The van der Waals surface area contributed by atoms with Crippen LogP contribution in [0.5, 0.6) is 0 Å². The number of carbonyl (C=O) groups excluding carboxylic acids is 1. The van der Waals surface area contributed by atoms with Crippen molar-refractivity contribution in [2.24, 2.45) is 0 Å². The molecule has 2 heterocycles. The molecule has 0 saturated heterocycles. The number of carbonyl (C=O) groups is 1. The van der Waals surface area contributed by atoms with E-state index in [-0.39, 0.29) is 12.5 Å². The van der Waals surface area contributed by atoms with Crippen molar-refractivity contribution in [3.63, 3.8) is 0 Å². The Hall–Kier alpha value is -2.72. The van der Waals surface area contributed by atoms with Crippen molar-refractivity contribution >= 4 is 33.0 Å². The highest BCUT2D eigenvalue weighted by atomic mass is 32.2. The molecule has 1 N–H and O–H groups in total. The first-order valence-corrected chi connectivity index (χ1v) is 10.9. The molecule has 10 heteroatoms. The molecule has 0 atom stereocenters. The third-order valence-electron chi connectivity index (χ3n) is 3.62. The van der Waals surface area contributed by atoms with Crippen molar-refractivity contribution in [3.8, 4) is 10.7 Å². The van der Waals surface area contributed by atoms with Gasteiger partial charge in [-0.1, -0.05) is 17.3 Å². The molecule has 27 heavy (non-hydrogen) atoms. The third-order valence-corrected chi connectivity index (χ3v) is 5.09. The molecule has 142 valence electrons. The number of rotatable bonds is 7. The largest absolute Gasteiger partial charge is 0.337 e. The zero-order valence-electron chi connectivity index (χ0n) is 14.7. The lowest BCUT2D eigenvalue weighted by Crippen LogP contribution is -2.30. The fourth-order valence-corrected chi connectivity index (χ4v) is 3.63. The fraction of sp³-hybridized carbons (Fsp3) is 0.235. The topological polar surface area (TPSA) is 105 Å². The zero-order chi connectivity index (χ0) is 19.4. The van der Waals surface area contributed by atoms with Gasteiger partial charge < -0.3 is 9.42 Å². The molecule has 0 aliphatic carbocycles. The summed E-state index contributed by atoms with van der Waals surface area (Å²) in [6.45, 7) is 2.43. The van der Waals surface area contributed by atoms with Crippen LogP contribution in [0.3, 0.4) is 0 Å². The molecule has 2 aromatic heterocycles. The van der Waals surface area contributed by atoms with Crippen LogP contribution in [-0.4, -0.2) is 42.2 Å². The van der Waals surface area contributed by atoms with Crippen molar-refractivity contribution in [2.45, 2.75) is 13.5 Å². The number of sulfonamides is 1. The van der Waals surface area contributed by atoms with Gasteiger partial charge >= 0.3 is 0 Å². The molecule has 0 saturated carbocycles. The molecule has 0 unspecified atom stereocenters. The fourth-order valence-electron chi connectivity index (χ4n) is 2.43. The van der Waals surface area contributed by atoms with Crippen molar-refractivity contribution < 1.29 is 17.7 Å². The molecule has 1 aromatic carbocycles. The summed E-state index contributed by atoms with van der Waals surface area (Å²) in [6.07, 6.45) is 1.06. The van der Waals surface area contributed by atoms with Crippen molar-refractivity contribution in [3.05, 3.63) is 53.2 Å². The Kier molecular flexibility index (Phi) is 5.57. The molecular formula is C17H18N4O4S2. The van der Waals surface area contributed by atoms with Crippen LogP contribution in [0.1, 0.15) is 23.2 Å². The molecule has 0 fully saturated rings. The molecule has 3 rings (SSSR count). The van der Waals surface area contributed by atoms with E-state index >= 15 is 0 Å². The maximum atomic E-state index is 12.8. The van der Waals surface area contributed by atoms with Crippen molar-refractivity contribution in [1.29, 1.82) is 0 Å². The minimum Gasteiger partial charge on any atom is -0.337 e. The Morgan fingerprint density at radius 2 is 2.11 bits per heavy atom. The van der Waals surface area contributed by atoms with Crippen LogP contribution >= 0.6 is 11.3 Å². The highest BCUT2D eigenvalue weighted by Gasteiger charge is 2.19. The van der Waals surface area contributed by atoms with Crippen LogP contribution in [0.2, 0.25) is 0 Å². The molecule has 8 nitrogen and oxygen atoms in total. The SMILES string of the molecule is CCN(Cc1nc(-c2cccs2)no1)C(=O)c1cccc(NS(C)(=O)=O)c1.